The summed E-state index contributed by atoms with van der Waals surface area (Å²) in [5.74, 6) is -0.876. The molecule has 0 radical (unpaired) electrons. The van der Waals surface area contributed by atoms with Crippen LogP contribution in [0.25, 0.3) is 11.1 Å². The third kappa shape index (κ3) is 3.57. The van der Waals surface area contributed by atoms with E-state index in [0.717, 1.165) is 11.1 Å². The van der Waals surface area contributed by atoms with E-state index in [4.69, 9.17) is 4.74 Å². The summed E-state index contributed by atoms with van der Waals surface area (Å²) >= 11 is 0. The summed E-state index contributed by atoms with van der Waals surface area (Å²) < 4.78 is 5.01. The van der Waals surface area contributed by atoms with Gasteiger partial charge in [-0.05, 0) is 30.2 Å². The lowest BCUT2D eigenvalue weighted by molar-refractivity contribution is -0.132. The molecule has 1 aromatic heterocycles. The smallest absolute Gasteiger partial charge is 0.308 e. The van der Waals surface area contributed by atoms with E-state index >= 15 is 0 Å². The number of pyridine rings is 1. The molecule has 0 aliphatic carbocycles. The molecule has 1 aromatic carbocycles. The highest BCUT2D eigenvalue weighted by molar-refractivity contribution is 6.11. The normalized spacial score (nSPS) is 16.8. The lowest BCUT2D eigenvalue weighted by atomic mass is 9.95. The lowest BCUT2D eigenvalue weighted by Crippen LogP contribution is -2.27. The molecule has 2 heterocycles. The Labute approximate surface area is 145 Å². The van der Waals surface area contributed by atoms with Crippen molar-refractivity contribution in [3.63, 3.8) is 0 Å². The Hall–Kier alpha value is -3.02. The first-order valence-electron chi connectivity index (χ1n) is 7.99. The third-order valence-corrected chi connectivity index (χ3v) is 4.22. The van der Waals surface area contributed by atoms with Crippen molar-refractivity contribution in [2.24, 2.45) is 5.92 Å². The number of nitrogens with zero attached hydrogens (tertiary/aromatic N) is 2. The Morgan fingerprint density at radius 3 is 2.48 bits per heavy atom. The maximum absolute atomic E-state index is 12.6. The number of likely N-dealkylation sites (tertiary alicyclic amines) is 1. The molecule has 1 saturated heterocycles. The van der Waals surface area contributed by atoms with Gasteiger partial charge < -0.3 is 9.64 Å². The van der Waals surface area contributed by atoms with E-state index in [-0.39, 0.29) is 17.7 Å². The van der Waals surface area contributed by atoms with Crippen LogP contribution in [-0.2, 0) is 9.59 Å². The summed E-state index contributed by atoms with van der Waals surface area (Å²) in [6, 6.07) is 8.68. The highest BCUT2D eigenvalue weighted by atomic mass is 16.5. The number of carbonyl (C=O) groups excluding carboxylic acids is 3. The summed E-state index contributed by atoms with van der Waals surface area (Å²) in [6.45, 7) is 1.94. The largest absolute Gasteiger partial charge is 0.427 e. The summed E-state index contributed by atoms with van der Waals surface area (Å²) in [7, 11) is 1.70. The topological polar surface area (TPSA) is 76.6 Å². The van der Waals surface area contributed by atoms with E-state index < -0.39 is 5.92 Å². The molecular formula is C19H18N2O4. The number of rotatable bonds is 4. The van der Waals surface area contributed by atoms with Gasteiger partial charge in [0, 0.05) is 44.0 Å². The Balaban J connectivity index is 1.83. The number of aromatic nitrogens is 1. The highest BCUT2D eigenvalue weighted by Crippen LogP contribution is 2.25. The molecule has 0 saturated carbocycles. The Bertz CT molecular complexity index is 830. The number of carbonyl (C=O) groups is 3. The molecule has 1 atom stereocenters. The molecule has 6 heteroatoms. The zero-order valence-electron chi connectivity index (χ0n) is 14.1. The molecule has 1 aliphatic heterocycles. The van der Waals surface area contributed by atoms with Crippen LogP contribution >= 0.6 is 0 Å². The standard InChI is InChI=1S/C19H18N2O4/c1-12(22)25-16-5-3-13(4-6-16)14-9-15(11-20-10-14)18(23)17-7-8-21(2)19(17)24/h3-6,9-11,17H,7-8H2,1-2H3. The first-order valence-corrected chi connectivity index (χ1v) is 7.99. The number of ketones is 1. The maximum atomic E-state index is 12.6. The highest BCUT2D eigenvalue weighted by Gasteiger charge is 2.35. The van der Waals surface area contributed by atoms with Crippen LogP contribution in [0.2, 0.25) is 0 Å². The number of esters is 1. The van der Waals surface area contributed by atoms with Gasteiger partial charge in [-0.3, -0.25) is 19.4 Å². The van der Waals surface area contributed by atoms with Crippen LogP contribution in [0, 0.1) is 5.92 Å². The van der Waals surface area contributed by atoms with Gasteiger partial charge >= 0.3 is 5.97 Å². The van der Waals surface area contributed by atoms with Crippen molar-refractivity contribution < 1.29 is 19.1 Å². The fourth-order valence-electron chi connectivity index (χ4n) is 2.88. The minimum atomic E-state index is -0.617. The van der Waals surface area contributed by atoms with Crippen LogP contribution < -0.4 is 4.74 Å². The van der Waals surface area contributed by atoms with Gasteiger partial charge in [0.1, 0.15) is 11.7 Å². The first kappa shape index (κ1) is 16.8. The summed E-state index contributed by atoms with van der Waals surface area (Å²) in [5.41, 5.74) is 2.03. The Kier molecular flexibility index (Phi) is 4.61. The zero-order chi connectivity index (χ0) is 18.0. The van der Waals surface area contributed by atoms with Crippen LogP contribution in [-0.4, -0.2) is 41.1 Å². The second kappa shape index (κ2) is 6.84. The van der Waals surface area contributed by atoms with E-state index in [2.05, 4.69) is 4.98 Å². The van der Waals surface area contributed by atoms with Crippen LogP contribution in [0.5, 0.6) is 5.75 Å². The van der Waals surface area contributed by atoms with Crippen LogP contribution in [0.1, 0.15) is 23.7 Å². The van der Waals surface area contributed by atoms with E-state index in [0.29, 0.717) is 24.3 Å². The number of hydrogen-bond acceptors (Lipinski definition) is 5. The monoisotopic (exact) mass is 338 g/mol. The van der Waals surface area contributed by atoms with Crippen molar-refractivity contribution in [2.45, 2.75) is 13.3 Å². The number of benzene rings is 1. The van der Waals surface area contributed by atoms with Gasteiger partial charge in [-0.1, -0.05) is 12.1 Å². The molecule has 6 nitrogen and oxygen atoms in total. The van der Waals surface area contributed by atoms with Gasteiger partial charge in [0.25, 0.3) is 0 Å². The van der Waals surface area contributed by atoms with Crippen molar-refractivity contribution >= 4 is 17.7 Å². The average molecular weight is 338 g/mol. The minimum absolute atomic E-state index is 0.138. The van der Waals surface area contributed by atoms with Crippen molar-refractivity contribution in [1.29, 1.82) is 0 Å². The molecule has 1 fully saturated rings. The molecule has 0 bridgehead atoms. The molecule has 1 amide bonds. The molecule has 2 aromatic rings. The molecule has 25 heavy (non-hydrogen) atoms. The van der Waals surface area contributed by atoms with Gasteiger partial charge in [0.2, 0.25) is 5.91 Å². The van der Waals surface area contributed by atoms with Gasteiger partial charge in [-0.15, -0.1) is 0 Å². The molecule has 128 valence electrons. The van der Waals surface area contributed by atoms with Crippen LogP contribution in [0.15, 0.2) is 42.7 Å². The van der Waals surface area contributed by atoms with Gasteiger partial charge in [0.15, 0.2) is 5.78 Å². The SMILES string of the molecule is CC(=O)Oc1ccc(-c2cncc(C(=O)C3CCN(C)C3=O)c2)cc1. The summed E-state index contributed by atoms with van der Waals surface area (Å²) in [6.07, 6.45) is 3.68. The predicted octanol–water partition coefficient (Wildman–Crippen LogP) is 2.33. The van der Waals surface area contributed by atoms with E-state index in [1.807, 2.05) is 0 Å². The zero-order valence-corrected chi connectivity index (χ0v) is 14.1. The minimum Gasteiger partial charge on any atom is -0.427 e. The molecule has 0 spiro atoms. The second-order valence-corrected chi connectivity index (χ2v) is 6.05. The first-order chi connectivity index (χ1) is 12.0. The third-order valence-electron chi connectivity index (χ3n) is 4.22. The fraction of sp³-hybridized carbons (Fsp3) is 0.263. The van der Waals surface area contributed by atoms with Crippen molar-refractivity contribution in [1.82, 2.24) is 9.88 Å². The van der Waals surface area contributed by atoms with Crippen LogP contribution in [0.3, 0.4) is 0 Å². The molecular weight excluding hydrogens is 320 g/mol. The molecule has 1 aliphatic rings. The second-order valence-electron chi connectivity index (χ2n) is 6.05. The van der Waals surface area contributed by atoms with E-state index in [1.165, 1.54) is 13.1 Å². The van der Waals surface area contributed by atoms with Crippen molar-refractivity contribution in [3.05, 3.63) is 48.3 Å². The molecule has 0 N–H and O–H groups in total. The lowest BCUT2D eigenvalue weighted by Gasteiger charge is -2.10. The maximum Gasteiger partial charge on any atom is 0.308 e. The average Bonchev–Trinajstić information content (AvgIpc) is 2.94. The van der Waals surface area contributed by atoms with Crippen molar-refractivity contribution in [2.75, 3.05) is 13.6 Å². The Morgan fingerprint density at radius 1 is 1.16 bits per heavy atom. The van der Waals surface area contributed by atoms with Gasteiger partial charge in [-0.2, -0.15) is 0 Å². The fourth-order valence-corrected chi connectivity index (χ4v) is 2.88. The quantitative estimate of drug-likeness (QED) is 0.370. The summed E-state index contributed by atoms with van der Waals surface area (Å²) in [4.78, 5) is 41.3. The predicted molar refractivity (Wildman–Crippen MR) is 91.1 cm³/mol. The molecule has 1 unspecified atom stereocenters. The van der Waals surface area contributed by atoms with Crippen LogP contribution in [0.4, 0.5) is 0 Å². The number of Topliss-reactive ketones (excluding diaryl/α,β-unsaturated/α-hetero) is 1. The van der Waals surface area contributed by atoms with E-state index in [9.17, 15) is 14.4 Å². The van der Waals surface area contributed by atoms with Gasteiger partial charge in [-0.25, -0.2) is 0 Å². The van der Waals surface area contributed by atoms with Crippen molar-refractivity contribution in [3.8, 4) is 16.9 Å². The summed E-state index contributed by atoms with van der Waals surface area (Å²) in [5, 5.41) is 0. The molecule has 3 rings (SSSR count). The number of ether oxygens (including phenoxy) is 1. The number of hydrogen-bond donors (Lipinski definition) is 0. The Morgan fingerprint density at radius 2 is 1.88 bits per heavy atom. The number of amides is 1. The van der Waals surface area contributed by atoms with E-state index in [1.54, 1.807) is 48.5 Å². The van der Waals surface area contributed by atoms with Gasteiger partial charge in [0.05, 0.1) is 0 Å².